The molecule has 1 aliphatic heterocycles. The molecule has 1 aliphatic rings. The molecular formula is C18H18N2O2S. The van der Waals surface area contributed by atoms with Gasteiger partial charge < -0.3 is 10.6 Å². The van der Waals surface area contributed by atoms with E-state index in [1.54, 1.807) is 0 Å². The molecular weight excluding hydrogens is 308 g/mol. The van der Waals surface area contributed by atoms with E-state index >= 15 is 0 Å². The number of aryl methyl sites for hydroxylation is 1. The van der Waals surface area contributed by atoms with Crippen LogP contribution in [0, 0.1) is 13.8 Å². The molecule has 0 radical (unpaired) electrons. The van der Waals surface area contributed by atoms with Gasteiger partial charge in [0.05, 0.1) is 10.9 Å². The zero-order chi connectivity index (χ0) is 16.4. The molecule has 0 spiro atoms. The van der Waals surface area contributed by atoms with Gasteiger partial charge in [0.2, 0.25) is 11.8 Å². The molecule has 0 aliphatic carbocycles. The van der Waals surface area contributed by atoms with Gasteiger partial charge in [-0.15, -0.1) is 11.8 Å². The van der Waals surface area contributed by atoms with Crippen LogP contribution >= 0.6 is 11.8 Å². The van der Waals surface area contributed by atoms with Crippen LogP contribution in [0.3, 0.4) is 0 Å². The summed E-state index contributed by atoms with van der Waals surface area (Å²) >= 11 is 1.44. The van der Waals surface area contributed by atoms with E-state index in [9.17, 15) is 9.59 Å². The Morgan fingerprint density at radius 2 is 1.96 bits per heavy atom. The van der Waals surface area contributed by atoms with Gasteiger partial charge in [0, 0.05) is 17.0 Å². The average Bonchev–Trinajstić information content (AvgIpc) is 2.52. The van der Waals surface area contributed by atoms with Gasteiger partial charge in [-0.1, -0.05) is 24.3 Å². The van der Waals surface area contributed by atoms with Crippen LogP contribution in [0.4, 0.5) is 11.4 Å². The van der Waals surface area contributed by atoms with Crippen LogP contribution in [0.5, 0.6) is 0 Å². The molecule has 1 atom stereocenters. The van der Waals surface area contributed by atoms with Crippen LogP contribution in [-0.2, 0) is 9.59 Å². The second-order valence-corrected chi connectivity index (χ2v) is 6.84. The maximum Gasteiger partial charge on any atom is 0.238 e. The number of carbonyl (C=O) groups excluding carboxylic acids is 2. The first-order valence-electron chi connectivity index (χ1n) is 7.47. The normalized spacial score (nSPS) is 16.4. The summed E-state index contributed by atoms with van der Waals surface area (Å²) in [6, 6.07) is 13.4. The molecule has 1 unspecified atom stereocenters. The quantitative estimate of drug-likeness (QED) is 0.903. The average molecular weight is 326 g/mol. The highest BCUT2D eigenvalue weighted by molar-refractivity contribution is 8.01. The van der Waals surface area contributed by atoms with Gasteiger partial charge in [0.15, 0.2) is 0 Å². The van der Waals surface area contributed by atoms with Crippen molar-refractivity contribution in [3.8, 4) is 0 Å². The third kappa shape index (κ3) is 3.40. The van der Waals surface area contributed by atoms with Crippen molar-refractivity contribution in [2.45, 2.75) is 30.4 Å². The van der Waals surface area contributed by atoms with Crippen molar-refractivity contribution in [2.24, 2.45) is 0 Å². The monoisotopic (exact) mass is 326 g/mol. The molecule has 4 nitrogen and oxygen atoms in total. The van der Waals surface area contributed by atoms with Crippen LogP contribution < -0.4 is 10.6 Å². The minimum Gasteiger partial charge on any atom is -0.326 e. The second-order valence-electron chi connectivity index (χ2n) is 5.59. The summed E-state index contributed by atoms with van der Waals surface area (Å²) in [5, 5.41) is 5.36. The van der Waals surface area contributed by atoms with Crippen molar-refractivity contribution in [2.75, 3.05) is 10.6 Å². The van der Waals surface area contributed by atoms with Crippen molar-refractivity contribution in [1.82, 2.24) is 0 Å². The Morgan fingerprint density at radius 1 is 1.17 bits per heavy atom. The highest BCUT2D eigenvalue weighted by Crippen LogP contribution is 2.36. The molecule has 0 fully saturated rings. The molecule has 2 aromatic rings. The third-order valence-corrected chi connectivity index (χ3v) is 5.23. The van der Waals surface area contributed by atoms with Crippen molar-refractivity contribution < 1.29 is 9.59 Å². The minimum atomic E-state index is -0.407. The molecule has 118 valence electrons. The van der Waals surface area contributed by atoms with Crippen molar-refractivity contribution in [3.63, 3.8) is 0 Å². The smallest absolute Gasteiger partial charge is 0.238 e. The van der Waals surface area contributed by atoms with Gasteiger partial charge in [0.25, 0.3) is 0 Å². The summed E-state index contributed by atoms with van der Waals surface area (Å²) in [6.45, 7) is 3.98. The molecule has 0 saturated heterocycles. The van der Waals surface area contributed by atoms with Crippen LogP contribution in [0.1, 0.15) is 17.5 Å². The lowest BCUT2D eigenvalue weighted by molar-refractivity contribution is -0.120. The van der Waals surface area contributed by atoms with Crippen molar-refractivity contribution in [3.05, 3.63) is 53.6 Å². The number of anilines is 2. The Morgan fingerprint density at radius 3 is 2.78 bits per heavy atom. The standard InChI is InChI=1S/C18H18N2O2S/c1-11-6-5-8-13(12(11)2)19-17(21)10-16-18(22)20-14-7-3-4-9-15(14)23-16/h3-9,16H,10H2,1-2H3,(H,19,21)(H,20,22). The largest absolute Gasteiger partial charge is 0.326 e. The van der Waals surface area contributed by atoms with Crippen LogP contribution in [0.2, 0.25) is 0 Å². The molecule has 23 heavy (non-hydrogen) atoms. The summed E-state index contributed by atoms with van der Waals surface area (Å²) in [7, 11) is 0. The van der Waals surface area contributed by atoms with Gasteiger partial charge in [-0.2, -0.15) is 0 Å². The van der Waals surface area contributed by atoms with Gasteiger partial charge in [-0.25, -0.2) is 0 Å². The third-order valence-electron chi connectivity index (χ3n) is 3.96. The molecule has 5 heteroatoms. The van der Waals surface area contributed by atoms with Crippen molar-refractivity contribution in [1.29, 1.82) is 0 Å². The van der Waals surface area contributed by atoms with E-state index in [4.69, 9.17) is 0 Å². The van der Waals surface area contributed by atoms with Gasteiger partial charge in [0.1, 0.15) is 0 Å². The fourth-order valence-corrected chi connectivity index (χ4v) is 3.59. The number of amides is 2. The zero-order valence-corrected chi connectivity index (χ0v) is 13.9. The summed E-state index contributed by atoms with van der Waals surface area (Å²) < 4.78 is 0. The molecule has 3 rings (SSSR count). The fraction of sp³-hybridized carbons (Fsp3) is 0.222. The Kier molecular flexibility index (Phi) is 4.39. The van der Waals surface area contributed by atoms with Crippen LogP contribution in [0.25, 0.3) is 0 Å². The van der Waals surface area contributed by atoms with E-state index in [0.717, 1.165) is 27.4 Å². The molecule has 1 heterocycles. The number of hydrogen-bond donors (Lipinski definition) is 2. The van der Waals surface area contributed by atoms with Gasteiger partial charge in [-0.3, -0.25) is 9.59 Å². The van der Waals surface area contributed by atoms with Gasteiger partial charge in [-0.05, 0) is 43.2 Å². The van der Waals surface area contributed by atoms with E-state index in [-0.39, 0.29) is 18.2 Å². The van der Waals surface area contributed by atoms with Crippen molar-refractivity contribution >= 4 is 35.0 Å². The summed E-state index contributed by atoms with van der Waals surface area (Å²) in [5.74, 6) is -0.268. The lowest BCUT2D eigenvalue weighted by atomic mass is 10.1. The Labute approximate surface area is 139 Å². The lowest BCUT2D eigenvalue weighted by Gasteiger charge is -2.23. The van der Waals surface area contributed by atoms with Crippen LogP contribution in [0.15, 0.2) is 47.4 Å². The predicted molar refractivity (Wildman–Crippen MR) is 93.9 cm³/mol. The Balaban J connectivity index is 1.69. The van der Waals surface area contributed by atoms with E-state index < -0.39 is 5.25 Å². The number of para-hydroxylation sites is 1. The topological polar surface area (TPSA) is 58.2 Å². The lowest BCUT2D eigenvalue weighted by Crippen LogP contribution is -2.32. The maximum absolute atomic E-state index is 12.3. The first-order chi connectivity index (χ1) is 11.0. The van der Waals surface area contributed by atoms with E-state index in [0.29, 0.717) is 0 Å². The second kappa shape index (κ2) is 6.46. The highest BCUT2D eigenvalue weighted by atomic mass is 32.2. The fourth-order valence-electron chi connectivity index (χ4n) is 2.48. The SMILES string of the molecule is Cc1cccc(NC(=O)CC2Sc3ccccc3NC2=O)c1C. The first-order valence-corrected chi connectivity index (χ1v) is 8.35. The Bertz CT molecular complexity index is 773. The molecule has 2 amide bonds. The molecule has 0 saturated carbocycles. The summed E-state index contributed by atoms with van der Waals surface area (Å²) in [5.41, 5.74) is 3.79. The number of nitrogens with one attached hydrogen (secondary N) is 2. The number of fused-ring (bicyclic) bond motifs is 1. The highest BCUT2D eigenvalue weighted by Gasteiger charge is 2.28. The summed E-state index contributed by atoms with van der Waals surface area (Å²) in [6.07, 6.45) is 0.151. The molecule has 0 aromatic heterocycles. The number of thioether (sulfide) groups is 1. The maximum atomic E-state index is 12.3. The van der Waals surface area contributed by atoms with Gasteiger partial charge >= 0.3 is 0 Å². The zero-order valence-electron chi connectivity index (χ0n) is 13.1. The molecule has 0 bridgehead atoms. The number of hydrogen-bond acceptors (Lipinski definition) is 3. The minimum absolute atomic E-state index is 0.121. The van der Waals surface area contributed by atoms with E-state index in [1.165, 1.54) is 11.8 Å². The number of benzene rings is 2. The van der Waals surface area contributed by atoms with E-state index in [2.05, 4.69) is 10.6 Å². The van der Waals surface area contributed by atoms with Crippen LogP contribution in [-0.4, -0.2) is 17.1 Å². The number of rotatable bonds is 3. The Hall–Kier alpha value is -2.27. The van der Waals surface area contributed by atoms with E-state index in [1.807, 2.05) is 56.3 Å². The molecule has 2 aromatic carbocycles. The number of carbonyl (C=O) groups is 2. The summed E-state index contributed by atoms with van der Waals surface area (Å²) in [4.78, 5) is 25.4. The first kappa shape index (κ1) is 15.6. The predicted octanol–water partition coefficient (Wildman–Crippen LogP) is 3.75. The molecule has 2 N–H and O–H groups in total.